The molecular formula is C19H25N3O3. The number of ether oxygens (including phenoxy) is 2. The molecule has 0 saturated carbocycles. The number of methoxy groups -OCH3 is 1. The topological polar surface area (TPSA) is 61.5 Å². The zero-order chi connectivity index (χ0) is 18.0. The van der Waals surface area contributed by atoms with Gasteiger partial charge in [-0.3, -0.25) is 0 Å². The van der Waals surface area contributed by atoms with Crippen molar-refractivity contribution in [2.45, 2.75) is 33.4 Å². The summed E-state index contributed by atoms with van der Waals surface area (Å²) in [5.41, 5.74) is 2.81. The third-order valence-electron chi connectivity index (χ3n) is 4.32. The van der Waals surface area contributed by atoms with Crippen LogP contribution in [0.3, 0.4) is 0 Å². The molecule has 1 atom stereocenters. The van der Waals surface area contributed by atoms with Gasteiger partial charge in [-0.05, 0) is 32.9 Å². The van der Waals surface area contributed by atoms with E-state index in [1.165, 1.54) is 0 Å². The molecule has 1 aromatic carbocycles. The Morgan fingerprint density at radius 1 is 1.36 bits per heavy atom. The minimum atomic E-state index is 0.0474. The number of fused-ring (bicyclic) bond motifs is 1. The van der Waals surface area contributed by atoms with Gasteiger partial charge in [-0.25, -0.2) is 4.68 Å². The fourth-order valence-electron chi connectivity index (χ4n) is 3.03. The van der Waals surface area contributed by atoms with Gasteiger partial charge in [0.25, 0.3) is 0 Å². The van der Waals surface area contributed by atoms with Crippen LogP contribution in [0.2, 0.25) is 0 Å². The van der Waals surface area contributed by atoms with Gasteiger partial charge in [0.2, 0.25) is 5.88 Å². The predicted molar refractivity (Wildman–Crippen MR) is 97.1 cm³/mol. The first-order valence-electron chi connectivity index (χ1n) is 8.50. The molecular weight excluding hydrogens is 318 g/mol. The van der Waals surface area contributed by atoms with Gasteiger partial charge in [-0.15, -0.1) is 0 Å². The summed E-state index contributed by atoms with van der Waals surface area (Å²) in [6, 6.07) is 8.05. The second-order valence-electron chi connectivity index (χ2n) is 6.06. The third kappa shape index (κ3) is 3.35. The number of nitrogens with zero attached hydrogens (tertiary/aromatic N) is 2. The fourth-order valence-corrected chi connectivity index (χ4v) is 3.03. The molecule has 3 rings (SSSR count). The maximum absolute atomic E-state index is 6.05. The Balaban J connectivity index is 1.79. The van der Waals surface area contributed by atoms with Crippen LogP contribution in [0.15, 0.2) is 28.7 Å². The van der Waals surface area contributed by atoms with Crippen LogP contribution in [-0.4, -0.2) is 23.5 Å². The van der Waals surface area contributed by atoms with Crippen LogP contribution in [0.5, 0.6) is 11.6 Å². The summed E-state index contributed by atoms with van der Waals surface area (Å²) in [7, 11) is 3.55. The van der Waals surface area contributed by atoms with Crippen LogP contribution in [-0.2, 0) is 13.6 Å². The molecule has 0 spiro atoms. The van der Waals surface area contributed by atoms with Gasteiger partial charge in [-0.1, -0.05) is 12.1 Å². The zero-order valence-electron chi connectivity index (χ0n) is 15.4. The lowest BCUT2D eigenvalue weighted by atomic mass is 10.2. The van der Waals surface area contributed by atoms with Gasteiger partial charge >= 0.3 is 0 Å². The van der Waals surface area contributed by atoms with Crippen molar-refractivity contribution in [3.63, 3.8) is 0 Å². The molecule has 0 radical (unpaired) electrons. The minimum absolute atomic E-state index is 0.0474. The lowest BCUT2D eigenvalue weighted by Crippen LogP contribution is -2.18. The van der Waals surface area contributed by atoms with Crippen molar-refractivity contribution < 1.29 is 13.9 Å². The second-order valence-corrected chi connectivity index (χ2v) is 6.06. The van der Waals surface area contributed by atoms with Gasteiger partial charge in [-0.2, -0.15) is 5.10 Å². The third-order valence-corrected chi connectivity index (χ3v) is 4.32. The number of nitrogens with one attached hydrogen (secondary N) is 1. The van der Waals surface area contributed by atoms with Gasteiger partial charge in [0.15, 0.2) is 11.3 Å². The maximum Gasteiger partial charge on any atom is 0.216 e. The van der Waals surface area contributed by atoms with E-state index in [2.05, 4.69) is 23.4 Å². The number of aromatic nitrogens is 2. The summed E-state index contributed by atoms with van der Waals surface area (Å²) in [4.78, 5) is 0. The highest BCUT2D eigenvalue weighted by molar-refractivity contribution is 5.83. The van der Waals surface area contributed by atoms with Gasteiger partial charge < -0.3 is 19.2 Å². The molecule has 0 aliphatic carbocycles. The number of aryl methyl sites for hydroxylation is 2. The molecule has 6 heteroatoms. The van der Waals surface area contributed by atoms with Crippen molar-refractivity contribution in [1.29, 1.82) is 0 Å². The van der Waals surface area contributed by atoms with E-state index in [1.54, 1.807) is 11.8 Å². The largest absolute Gasteiger partial charge is 0.490 e. The van der Waals surface area contributed by atoms with Crippen LogP contribution in [0.1, 0.15) is 36.9 Å². The first-order valence-corrected chi connectivity index (χ1v) is 8.50. The Bertz CT molecular complexity index is 866. The summed E-state index contributed by atoms with van der Waals surface area (Å²) in [5, 5.41) is 8.95. The molecule has 0 fully saturated rings. The molecule has 134 valence electrons. The quantitative estimate of drug-likeness (QED) is 0.708. The molecule has 3 aromatic rings. The smallest absolute Gasteiger partial charge is 0.216 e. The van der Waals surface area contributed by atoms with E-state index >= 15 is 0 Å². The van der Waals surface area contributed by atoms with Crippen molar-refractivity contribution in [3.05, 3.63) is 41.3 Å². The Morgan fingerprint density at radius 2 is 2.16 bits per heavy atom. The highest BCUT2D eigenvalue weighted by Crippen LogP contribution is 2.31. The van der Waals surface area contributed by atoms with Gasteiger partial charge in [0, 0.05) is 19.0 Å². The van der Waals surface area contributed by atoms with Crippen LogP contribution in [0.25, 0.3) is 11.0 Å². The Kier molecular flexibility index (Phi) is 4.99. The summed E-state index contributed by atoms with van der Waals surface area (Å²) in [6.07, 6.45) is 0. The molecule has 6 nitrogen and oxygen atoms in total. The van der Waals surface area contributed by atoms with E-state index in [1.807, 2.05) is 39.1 Å². The molecule has 25 heavy (non-hydrogen) atoms. The number of furan rings is 1. The van der Waals surface area contributed by atoms with Gasteiger partial charge in [0.05, 0.1) is 31.0 Å². The van der Waals surface area contributed by atoms with E-state index < -0.39 is 0 Å². The number of hydrogen-bond donors (Lipinski definition) is 1. The highest BCUT2D eigenvalue weighted by atomic mass is 16.5. The minimum Gasteiger partial charge on any atom is -0.490 e. The van der Waals surface area contributed by atoms with Crippen LogP contribution in [0, 0.1) is 6.92 Å². The fraction of sp³-hybridized carbons (Fsp3) is 0.421. The first-order chi connectivity index (χ1) is 12.0. The molecule has 0 bridgehead atoms. The van der Waals surface area contributed by atoms with Crippen molar-refractivity contribution in [2.75, 3.05) is 13.7 Å². The lowest BCUT2D eigenvalue weighted by Gasteiger charge is -2.12. The highest BCUT2D eigenvalue weighted by Gasteiger charge is 2.17. The molecule has 1 N–H and O–H groups in total. The Labute approximate surface area is 147 Å². The van der Waals surface area contributed by atoms with E-state index in [4.69, 9.17) is 13.9 Å². The van der Waals surface area contributed by atoms with E-state index in [0.29, 0.717) is 13.2 Å². The normalized spacial score (nSPS) is 12.5. The van der Waals surface area contributed by atoms with E-state index in [9.17, 15) is 0 Å². The molecule has 0 aliphatic rings. The van der Waals surface area contributed by atoms with E-state index in [-0.39, 0.29) is 6.04 Å². The van der Waals surface area contributed by atoms with Crippen LogP contribution < -0.4 is 14.8 Å². The predicted octanol–water partition coefficient (Wildman–Crippen LogP) is 3.73. The molecule has 0 unspecified atom stereocenters. The number of benzene rings is 1. The van der Waals surface area contributed by atoms with Crippen molar-refractivity contribution >= 4 is 11.0 Å². The van der Waals surface area contributed by atoms with E-state index in [0.717, 1.165) is 39.6 Å². The summed E-state index contributed by atoms with van der Waals surface area (Å²) < 4.78 is 18.9. The maximum atomic E-state index is 6.05. The summed E-state index contributed by atoms with van der Waals surface area (Å²) in [6.45, 7) is 7.30. The summed E-state index contributed by atoms with van der Waals surface area (Å²) in [5.74, 6) is 2.44. The van der Waals surface area contributed by atoms with Crippen LogP contribution >= 0.6 is 0 Å². The SMILES string of the molecule is CCOc1cccc2cc([C@H](C)NCc3c(C)nn(C)c3OC)oc12. The Hall–Kier alpha value is -2.47. The molecule has 2 heterocycles. The zero-order valence-corrected chi connectivity index (χ0v) is 15.4. The lowest BCUT2D eigenvalue weighted by molar-refractivity contribution is 0.336. The molecule has 2 aromatic heterocycles. The summed E-state index contributed by atoms with van der Waals surface area (Å²) >= 11 is 0. The number of para-hydroxylation sites is 1. The second kappa shape index (κ2) is 7.19. The van der Waals surface area contributed by atoms with Crippen molar-refractivity contribution in [3.8, 4) is 11.6 Å². The molecule has 0 aliphatic heterocycles. The molecule has 0 saturated heterocycles. The number of rotatable bonds is 7. The standard InChI is InChI=1S/C19H25N3O3/c1-6-24-16-9-7-8-14-10-17(25-18(14)16)13(3)20-11-15-12(2)21-22(4)19(15)23-5/h7-10,13,20H,6,11H2,1-5H3/t13-/m0/s1. The Morgan fingerprint density at radius 3 is 2.88 bits per heavy atom. The van der Waals surface area contributed by atoms with Gasteiger partial charge in [0.1, 0.15) is 5.76 Å². The van der Waals surface area contributed by atoms with Crippen molar-refractivity contribution in [2.24, 2.45) is 7.05 Å². The van der Waals surface area contributed by atoms with Crippen molar-refractivity contribution in [1.82, 2.24) is 15.1 Å². The average Bonchev–Trinajstić information content (AvgIpc) is 3.14. The molecule has 0 amide bonds. The monoisotopic (exact) mass is 343 g/mol. The van der Waals surface area contributed by atoms with Crippen LogP contribution in [0.4, 0.5) is 0 Å². The number of hydrogen-bond acceptors (Lipinski definition) is 5. The average molecular weight is 343 g/mol. The first kappa shape index (κ1) is 17.4.